The molecule has 0 saturated heterocycles. The number of furan rings is 1. The van der Waals surface area contributed by atoms with Crippen molar-refractivity contribution in [3.8, 4) is 5.69 Å². The van der Waals surface area contributed by atoms with Gasteiger partial charge in [0.15, 0.2) is 0 Å². The predicted molar refractivity (Wildman–Crippen MR) is 158 cm³/mol. The van der Waals surface area contributed by atoms with Gasteiger partial charge < -0.3 is 8.98 Å². The molecule has 0 unspecified atom stereocenters. The van der Waals surface area contributed by atoms with Gasteiger partial charge in [0.1, 0.15) is 11.2 Å². The number of rotatable bonds is 1. The number of hydrogen-bond donors (Lipinski definition) is 0. The monoisotopic (exact) mass is 489 g/mol. The van der Waals surface area contributed by atoms with Gasteiger partial charge in [-0.05, 0) is 53.2 Å². The minimum atomic E-state index is 0.934. The summed E-state index contributed by atoms with van der Waals surface area (Å²) in [5.41, 5.74) is 5.56. The third kappa shape index (κ3) is 2.54. The Hall–Kier alpha value is -4.60. The van der Waals surface area contributed by atoms with Crippen LogP contribution in [0.1, 0.15) is 0 Å². The number of nitrogens with zero attached hydrogens (tertiary/aromatic N) is 1. The van der Waals surface area contributed by atoms with E-state index in [-0.39, 0.29) is 0 Å². The van der Waals surface area contributed by atoms with Gasteiger partial charge in [-0.3, -0.25) is 0 Å². The van der Waals surface area contributed by atoms with Crippen molar-refractivity contribution in [2.45, 2.75) is 0 Å². The molecule has 2 nitrogen and oxygen atoms in total. The van der Waals surface area contributed by atoms with Gasteiger partial charge >= 0.3 is 0 Å². The Morgan fingerprint density at radius 1 is 0.514 bits per heavy atom. The van der Waals surface area contributed by atoms with E-state index in [2.05, 4.69) is 114 Å². The lowest BCUT2D eigenvalue weighted by atomic mass is 10.0. The number of aromatic nitrogens is 1. The first-order valence-electron chi connectivity index (χ1n) is 12.5. The first-order valence-corrected chi connectivity index (χ1v) is 13.3. The van der Waals surface area contributed by atoms with Crippen molar-refractivity contribution < 1.29 is 4.42 Å². The van der Waals surface area contributed by atoms with Crippen LogP contribution in [0.25, 0.3) is 80.4 Å². The standard InChI is InChI=1S/C34H19NOS/c1-4-12-27-21(8-1)26-19-25-20(16-17-31-33(25)24-10-2-5-14-30(24)36-31)18-29(26)35(27)28-13-7-11-23-22-9-3-6-15-32(22)37-34(23)28/h1-19H. The van der Waals surface area contributed by atoms with E-state index in [1.807, 2.05) is 17.4 Å². The summed E-state index contributed by atoms with van der Waals surface area (Å²) in [4.78, 5) is 0. The summed E-state index contributed by atoms with van der Waals surface area (Å²) in [6.45, 7) is 0. The molecule has 6 aromatic carbocycles. The van der Waals surface area contributed by atoms with Gasteiger partial charge in [0, 0.05) is 37.0 Å². The van der Waals surface area contributed by atoms with Crippen molar-refractivity contribution in [1.82, 2.24) is 4.57 Å². The molecule has 0 saturated carbocycles. The van der Waals surface area contributed by atoms with Gasteiger partial charge in [-0.1, -0.05) is 72.8 Å². The predicted octanol–water partition coefficient (Wildman–Crippen LogP) is 10.2. The molecule has 9 aromatic rings. The van der Waals surface area contributed by atoms with Gasteiger partial charge in [-0.2, -0.15) is 0 Å². The zero-order valence-corrected chi connectivity index (χ0v) is 20.5. The van der Waals surface area contributed by atoms with Crippen LogP contribution in [-0.4, -0.2) is 4.57 Å². The fraction of sp³-hybridized carbons (Fsp3) is 0. The van der Waals surface area contributed by atoms with E-state index in [0.717, 1.165) is 11.2 Å². The second kappa shape index (κ2) is 7.00. The zero-order chi connectivity index (χ0) is 24.1. The molecule has 9 rings (SSSR count). The van der Waals surface area contributed by atoms with Crippen LogP contribution in [0.4, 0.5) is 0 Å². The van der Waals surface area contributed by atoms with E-state index >= 15 is 0 Å². The van der Waals surface area contributed by atoms with Gasteiger partial charge in [-0.25, -0.2) is 0 Å². The lowest BCUT2D eigenvalue weighted by molar-refractivity contribution is 0.669. The van der Waals surface area contributed by atoms with Gasteiger partial charge in [0.2, 0.25) is 0 Å². The number of benzene rings is 6. The van der Waals surface area contributed by atoms with E-state index in [1.54, 1.807) is 0 Å². The van der Waals surface area contributed by atoms with E-state index in [9.17, 15) is 0 Å². The molecule has 0 spiro atoms. The molecule has 3 heterocycles. The Balaban J connectivity index is 1.47. The first-order chi connectivity index (χ1) is 18.3. The molecular formula is C34H19NOS. The second-order valence-electron chi connectivity index (χ2n) is 9.73. The van der Waals surface area contributed by atoms with E-state index in [0.29, 0.717) is 0 Å². The van der Waals surface area contributed by atoms with Crippen molar-refractivity contribution in [3.05, 3.63) is 115 Å². The summed E-state index contributed by atoms with van der Waals surface area (Å²) in [6.07, 6.45) is 0. The van der Waals surface area contributed by atoms with Crippen LogP contribution in [0.3, 0.4) is 0 Å². The molecule has 0 aliphatic heterocycles. The third-order valence-corrected chi connectivity index (χ3v) is 8.98. The van der Waals surface area contributed by atoms with Crippen molar-refractivity contribution in [1.29, 1.82) is 0 Å². The molecule has 0 bridgehead atoms. The van der Waals surface area contributed by atoms with Gasteiger partial charge in [-0.15, -0.1) is 11.3 Å². The fourth-order valence-electron chi connectivity index (χ4n) is 6.18. The van der Waals surface area contributed by atoms with Crippen LogP contribution in [0.2, 0.25) is 0 Å². The molecule has 0 atom stereocenters. The van der Waals surface area contributed by atoms with Crippen LogP contribution in [0.15, 0.2) is 120 Å². The molecule has 0 N–H and O–H groups in total. The van der Waals surface area contributed by atoms with E-state index in [1.165, 1.54) is 69.2 Å². The van der Waals surface area contributed by atoms with E-state index in [4.69, 9.17) is 4.42 Å². The van der Waals surface area contributed by atoms with Crippen LogP contribution < -0.4 is 0 Å². The Morgan fingerprint density at radius 2 is 1.30 bits per heavy atom. The number of para-hydroxylation sites is 2. The molecule has 172 valence electrons. The van der Waals surface area contributed by atoms with Crippen LogP contribution in [0.5, 0.6) is 0 Å². The molecule has 0 aliphatic rings. The average Bonchev–Trinajstić information content (AvgIpc) is 3.61. The summed E-state index contributed by atoms with van der Waals surface area (Å²) in [7, 11) is 0. The van der Waals surface area contributed by atoms with Crippen molar-refractivity contribution >= 4 is 86.0 Å². The Kier molecular flexibility index (Phi) is 3.70. The van der Waals surface area contributed by atoms with Crippen LogP contribution >= 0.6 is 11.3 Å². The highest BCUT2D eigenvalue weighted by molar-refractivity contribution is 7.26. The average molecular weight is 490 g/mol. The van der Waals surface area contributed by atoms with Crippen molar-refractivity contribution in [2.24, 2.45) is 0 Å². The number of thiophene rings is 1. The summed E-state index contributed by atoms with van der Waals surface area (Å²) in [5.74, 6) is 0. The van der Waals surface area contributed by atoms with Crippen LogP contribution in [0, 0.1) is 0 Å². The molecule has 0 aliphatic carbocycles. The van der Waals surface area contributed by atoms with Gasteiger partial charge in [0.05, 0.1) is 21.4 Å². The highest BCUT2D eigenvalue weighted by Crippen LogP contribution is 2.43. The minimum absolute atomic E-state index is 0.934. The highest BCUT2D eigenvalue weighted by atomic mass is 32.1. The maximum absolute atomic E-state index is 6.21. The fourth-order valence-corrected chi connectivity index (χ4v) is 7.38. The molecule has 0 fully saturated rings. The summed E-state index contributed by atoms with van der Waals surface area (Å²) in [6, 6.07) is 41.6. The summed E-state index contributed by atoms with van der Waals surface area (Å²) < 4.78 is 11.3. The first kappa shape index (κ1) is 19.6. The topological polar surface area (TPSA) is 18.1 Å². The van der Waals surface area contributed by atoms with E-state index < -0.39 is 0 Å². The summed E-state index contributed by atoms with van der Waals surface area (Å²) in [5, 5.41) is 9.99. The molecular weight excluding hydrogens is 470 g/mol. The molecule has 3 aromatic heterocycles. The molecule has 0 amide bonds. The Bertz CT molecular complexity index is 2370. The quantitative estimate of drug-likeness (QED) is 0.224. The van der Waals surface area contributed by atoms with Crippen molar-refractivity contribution in [2.75, 3.05) is 0 Å². The number of hydrogen-bond acceptors (Lipinski definition) is 2. The normalized spacial score (nSPS) is 12.3. The maximum atomic E-state index is 6.21. The second-order valence-corrected chi connectivity index (χ2v) is 10.8. The number of fused-ring (bicyclic) bond motifs is 11. The van der Waals surface area contributed by atoms with Crippen molar-refractivity contribution in [3.63, 3.8) is 0 Å². The summed E-state index contributed by atoms with van der Waals surface area (Å²) >= 11 is 1.88. The molecule has 0 radical (unpaired) electrons. The molecule has 37 heavy (non-hydrogen) atoms. The third-order valence-electron chi connectivity index (χ3n) is 7.77. The smallest absolute Gasteiger partial charge is 0.136 e. The van der Waals surface area contributed by atoms with Crippen LogP contribution in [-0.2, 0) is 0 Å². The minimum Gasteiger partial charge on any atom is -0.456 e. The van der Waals surface area contributed by atoms with Gasteiger partial charge in [0.25, 0.3) is 0 Å². The lowest BCUT2D eigenvalue weighted by Crippen LogP contribution is -1.93. The Labute approximate surface area is 215 Å². The largest absolute Gasteiger partial charge is 0.456 e. The maximum Gasteiger partial charge on any atom is 0.136 e. The SMILES string of the molecule is c1ccc2c(c1)oc1ccc3cc4c(cc3c12)c1ccccc1n4-c1cccc2c1sc1ccccc12. The molecule has 3 heteroatoms. The zero-order valence-electron chi connectivity index (χ0n) is 19.7. The Morgan fingerprint density at radius 3 is 2.24 bits per heavy atom. The highest BCUT2D eigenvalue weighted by Gasteiger charge is 2.18. The lowest BCUT2D eigenvalue weighted by Gasteiger charge is -2.10.